The van der Waals surface area contributed by atoms with Gasteiger partial charge >= 0.3 is 6.09 Å². The number of likely N-dealkylation sites (N-methyl/N-ethyl adjacent to an activating group) is 1. The Hall–Kier alpha value is -6.24. The van der Waals surface area contributed by atoms with Crippen LogP contribution in [0.2, 0.25) is 5.02 Å². The van der Waals surface area contributed by atoms with Gasteiger partial charge in [0.05, 0.1) is 35.9 Å². The molecule has 4 atom stereocenters. The summed E-state index contributed by atoms with van der Waals surface area (Å²) in [6, 6.07) is 31.0. The molecule has 0 spiro atoms. The second-order valence-corrected chi connectivity index (χ2v) is 15.5. The molecule has 2 fully saturated rings. The summed E-state index contributed by atoms with van der Waals surface area (Å²) < 4.78 is 0. The van der Waals surface area contributed by atoms with Crippen LogP contribution in [0.5, 0.6) is 0 Å². The van der Waals surface area contributed by atoms with E-state index in [2.05, 4.69) is 56.7 Å². The van der Waals surface area contributed by atoms with Gasteiger partial charge in [-0.15, -0.1) is 0 Å². The largest absolute Gasteiger partial charge is 0.465 e. The maximum atomic E-state index is 14.0. The summed E-state index contributed by atoms with van der Waals surface area (Å²) in [4.78, 5) is 61.3. The Balaban J connectivity index is 0.932. The first-order chi connectivity index (χ1) is 28.2. The molecule has 3 amide bonds. The molecule has 0 saturated carbocycles. The zero-order valence-corrected chi connectivity index (χ0v) is 33.1. The molecule has 0 radical (unpaired) electrons. The molecule has 2 aromatic heterocycles. The van der Waals surface area contributed by atoms with Crippen molar-refractivity contribution in [1.29, 1.82) is 0 Å². The van der Waals surface area contributed by atoms with Gasteiger partial charge in [-0.3, -0.25) is 14.5 Å². The van der Waals surface area contributed by atoms with Crippen LogP contribution in [0.25, 0.3) is 33.6 Å². The number of aromatic nitrogens is 4. The number of aromatic amines is 2. The van der Waals surface area contributed by atoms with Gasteiger partial charge in [-0.1, -0.05) is 109 Å². The Bertz CT molecular complexity index is 2400. The monoisotopic (exact) mass is 796 g/mol. The Labute approximate surface area is 341 Å². The molecule has 2 aliphatic heterocycles. The molecule has 6 aromatic rings. The van der Waals surface area contributed by atoms with E-state index in [0.29, 0.717) is 29.5 Å². The first-order valence-electron chi connectivity index (χ1n) is 19.5. The SMILES string of the molecule is CN(C)[C@@H](C(=O)N1CCC[C@H]1c1ncc(-c2ccc(-c3ccc(-c4cnc([C@@H]5CCCN5C(=O)[C@H](NC(=O)O)c5ccccc5)[nH]4)cc3)cc2)[nH]1)c1ccccc1Cl. The van der Waals surface area contributed by atoms with Crippen LogP contribution in [0, 0.1) is 0 Å². The lowest BCUT2D eigenvalue weighted by atomic mass is 10.0. The number of likely N-dealkylation sites (tertiary alicyclic amines) is 2. The number of hydrogen-bond donors (Lipinski definition) is 4. The highest BCUT2D eigenvalue weighted by atomic mass is 35.5. The summed E-state index contributed by atoms with van der Waals surface area (Å²) in [5.74, 6) is 1.16. The minimum Gasteiger partial charge on any atom is -0.465 e. The molecular weight excluding hydrogens is 752 g/mol. The highest BCUT2D eigenvalue weighted by Crippen LogP contribution is 2.38. The third kappa shape index (κ3) is 7.85. The van der Waals surface area contributed by atoms with Gasteiger partial charge in [-0.2, -0.15) is 0 Å². The minimum absolute atomic E-state index is 0.0128. The molecule has 0 bridgehead atoms. The van der Waals surface area contributed by atoms with E-state index in [1.54, 1.807) is 35.4 Å². The molecule has 4 N–H and O–H groups in total. The van der Waals surface area contributed by atoms with Gasteiger partial charge < -0.3 is 30.2 Å². The van der Waals surface area contributed by atoms with Crippen molar-refractivity contribution in [2.24, 2.45) is 0 Å². The van der Waals surface area contributed by atoms with Crippen molar-refractivity contribution in [2.75, 3.05) is 27.2 Å². The van der Waals surface area contributed by atoms with Crippen LogP contribution in [-0.4, -0.2) is 84.8 Å². The van der Waals surface area contributed by atoms with Crippen molar-refractivity contribution in [1.82, 2.24) is 40.0 Å². The van der Waals surface area contributed by atoms with Crippen LogP contribution in [0.15, 0.2) is 116 Å². The normalized spacial score (nSPS) is 17.7. The van der Waals surface area contributed by atoms with Gasteiger partial charge in [-0.05, 0) is 79.2 Å². The van der Waals surface area contributed by atoms with Crippen LogP contribution in [-0.2, 0) is 9.59 Å². The topological polar surface area (TPSA) is 151 Å². The van der Waals surface area contributed by atoms with Crippen LogP contribution in [0.1, 0.15) is 72.6 Å². The molecule has 2 saturated heterocycles. The van der Waals surface area contributed by atoms with Gasteiger partial charge in [0.25, 0.3) is 5.91 Å². The summed E-state index contributed by atoms with van der Waals surface area (Å²) >= 11 is 6.54. The summed E-state index contributed by atoms with van der Waals surface area (Å²) in [5, 5.41) is 12.5. The number of hydrogen-bond acceptors (Lipinski definition) is 6. The molecule has 4 heterocycles. The number of carbonyl (C=O) groups is 3. The van der Waals surface area contributed by atoms with E-state index in [1.807, 2.05) is 72.6 Å². The van der Waals surface area contributed by atoms with Crippen LogP contribution in [0.3, 0.4) is 0 Å². The van der Waals surface area contributed by atoms with Gasteiger partial charge in [0.2, 0.25) is 5.91 Å². The number of H-pyrrole nitrogens is 2. The molecule has 58 heavy (non-hydrogen) atoms. The van der Waals surface area contributed by atoms with E-state index in [0.717, 1.165) is 70.7 Å². The fourth-order valence-corrected chi connectivity index (χ4v) is 8.57. The first kappa shape index (κ1) is 38.6. The lowest BCUT2D eigenvalue weighted by Gasteiger charge is -2.32. The molecule has 4 aromatic carbocycles. The third-order valence-electron chi connectivity index (χ3n) is 11.2. The van der Waals surface area contributed by atoms with E-state index >= 15 is 0 Å². The lowest BCUT2D eigenvalue weighted by Crippen LogP contribution is -2.42. The number of rotatable bonds is 11. The number of nitrogens with zero attached hydrogens (tertiary/aromatic N) is 5. The predicted octanol–water partition coefficient (Wildman–Crippen LogP) is 8.43. The molecule has 0 aliphatic carbocycles. The van der Waals surface area contributed by atoms with Crippen molar-refractivity contribution in [3.8, 4) is 33.6 Å². The highest BCUT2D eigenvalue weighted by molar-refractivity contribution is 6.31. The molecule has 0 unspecified atom stereocenters. The Morgan fingerprint density at radius 1 is 0.707 bits per heavy atom. The van der Waals surface area contributed by atoms with E-state index in [4.69, 9.17) is 16.6 Å². The van der Waals surface area contributed by atoms with Crippen molar-refractivity contribution < 1.29 is 19.5 Å². The quantitative estimate of drug-likeness (QED) is 0.103. The Morgan fingerprint density at radius 2 is 1.19 bits per heavy atom. The van der Waals surface area contributed by atoms with E-state index in [-0.39, 0.29) is 23.9 Å². The molecule has 8 rings (SSSR count). The number of nitrogens with one attached hydrogen (secondary N) is 3. The number of amides is 3. The summed E-state index contributed by atoms with van der Waals surface area (Å²) in [6.07, 6.45) is 5.61. The fraction of sp³-hybridized carbons (Fsp3) is 0.267. The maximum Gasteiger partial charge on any atom is 0.405 e. The molecule has 2 aliphatic rings. The number of carbonyl (C=O) groups excluding carboxylic acids is 2. The first-order valence-corrected chi connectivity index (χ1v) is 19.9. The lowest BCUT2D eigenvalue weighted by molar-refractivity contribution is -0.137. The molecule has 12 nitrogen and oxygen atoms in total. The summed E-state index contributed by atoms with van der Waals surface area (Å²) in [7, 11) is 3.80. The van der Waals surface area contributed by atoms with E-state index < -0.39 is 18.2 Å². The van der Waals surface area contributed by atoms with E-state index in [9.17, 15) is 19.5 Å². The summed E-state index contributed by atoms with van der Waals surface area (Å²) in [6.45, 7) is 1.18. The van der Waals surface area contributed by atoms with Crippen LogP contribution in [0.4, 0.5) is 4.79 Å². The molecular formula is C45H45ClN8O4. The second kappa shape index (κ2) is 16.7. The number of imidazole rings is 2. The highest BCUT2D eigenvalue weighted by Gasteiger charge is 2.39. The minimum atomic E-state index is -1.25. The Morgan fingerprint density at radius 3 is 1.69 bits per heavy atom. The zero-order chi connectivity index (χ0) is 40.3. The number of carboxylic acid groups (broad SMARTS) is 1. The van der Waals surface area contributed by atoms with E-state index in [1.165, 1.54) is 0 Å². The standard InChI is InChI=1S/C45H45ClN8O4/c1-52(2)40(33-12-6-7-13-34(33)46)44(56)54-25-9-15-38(54)42-48-27-36(50-42)31-22-18-29(19-23-31)28-16-20-30(21-17-28)35-26-47-41(49-35)37-14-8-24-53(37)43(55)39(51-45(57)58)32-10-4-3-5-11-32/h3-7,10-13,16-23,26-27,37-40,51H,8-9,14-15,24-25H2,1-2H3,(H,47,49)(H,48,50)(H,57,58)/t37-,38-,39+,40+/m0/s1. The molecule has 296 valence electrons. The second-order valence-electron chi connectivity index (χ2n) is 15.1. The smallest absolute Gasteiger partial charge is 0.405 e. The van der Waals surface area contributed by atoms with Crippen molar-refractivity contribution in [3.05, 3.63) is 143 Å². The van der Waals surface area contributed by atoms with Crippen LogP contribution >= 0.6 is 11.6 Å². The number of benzene rings is 4. The third-order valence-corrected chi connectivity index (χ3v) is 11.6. The fourth-order valence-electron chi connectivity index (χ4n) is 8.33. The molecule has 13 heteroatoms. The van der Waals surface area contributed by atoms with Gasteiger partial charge in [-0.25, -0.2) is 14.8 Å². The Kier molecular flexibility index (Phi) is 11.1. The zero-order valence-electron chi connectivity index (χ0n) is 32.3. The van der Waals surface area contributed by atoms with Gasteiger partial charge in [0.1, 0.15) is 23.7 Å². The average molecular weight is 797 g/mol. The van der Waals surface area contributed by atoms with Crippen molar-refractivity contribution in [2.45, 2.75) is 49.9 Å². The van der Waals surface area contributed by atoms with Crippen LogP contribution < -0.4 is 5.32 Å². The van der Waals surface area contributed by atoms with Crippen molar-refractivity contribution in [3.63, 3.8) is 0 Å². The summed E-state index contributed by atoms with van der Waals surface area (Å²) in [5.41, 5.74) is 7.17. The number of halogens is 1. The average Bonchev–Trinajstić information content (AvgIpc) is 4.08. The predicted molar refractivity (Wildman–Crippen MR) is 223 cm³/mol. The van der Waals surface area contributed by atoms with Gasteiger partial charge in [0, 0.05) is 18.1 Å². The maximum absolute atomic E-state index is 14.0. The van der Waals surface area contributed by atoms with Crippen molar-refractivity contribution >= 4 is 29.5 Å². The van der Waals surface area contributed by atoms with Gasteiger partial charge in [0.15, 0.2) is 0 Å².